The minimum Gasteiger partial charge on any atom is -0.467 e. The lowest BCUT2D eigenvalue weighted by atomic mass is 10.1. The first-order chi connectivity index (χ1) is 9.43. The van der Waals surface area contributed by atoms with Gasteiger partial charge in [-0.15, -0.1) is 0 Å². The largest absolute Gasteiger partial charge is 0.467 e. The first-order valence-electron chi connectivity index (χ1n) is 6.27. The molecule has 0 heterocycles. The van der Waals surface area contributed by atoms with Crippen molar-refractivity contribution in [3.05, 3.63) is 34.9 Å². The molecule has 0 saturated carbocycles. The number of carbonyl (C=O) groups excluding carboxylic acids is 2. The molecule has 2 atom stereocenters. The molecule has 1 amide bonds. The molecule has 0 bridgehead atoms. The van der Waals surface area contributed by atoms with Gasteiger partial charge in [0.15, 0.2) is 0 Å². The molecule has 6 heteroatoms. The first-order valence-corrected chi connectivity index (χ1v) is 6.65. The van der Waals surface area contributed by atoms with Gasteiger partial charge in [0.05, 0.1) is 7.11 Å². The third kappa shape index (κ3) is 5.19. The van der Waals surface area contributed by atoms with E-state index in [2.05, 4.69) is 15.4 Å². The van der Waals surface area contributed by atoms with Crippen LogP contribution in [0.15, 0.2) is 24.3 Å². The number of rotatable bonds is 6. The van der Waals surface area contributed by atoms with Crippen molar-refractivity contribution in [3.63, 3.8) is 0 Å². The Morgan fingerprint density at radius 2 is 1.90 bits per heavy atom. The van der Waals surface area contributed by atoms with Crippen LogP contribution >= 0.6 is 11.6 Å². The molecule has 0 spiro atoms. The molecule has 0 aliphatic carbocycles. The molecule has 0 radical (unpaired) electrons. The van der Waals surface area contributed by atoms with Gasteiger partial charge in [-0.2, -0.15) is 0 Å². The molecular formula is C14H19ClN2O3. The van der Waals surface area contributed by atoms with E-state index in [1.807, 2.05) is 19.1 Å². The molecular weight excluding hydrogens is 280 g/mol. The van der Waals surface area contributed by atoms with Crippen LogP contribution in [0, 0.1) is 0 Å². The Morgan fingerprint density at radius 3 is 2.40 bits per heavy atom. The van der Waals surface area contributed by atoms with Crippen LogP contribution in [0.1, 0.15) is 25.5 Å². The Bertz CT molecular complexity index is 462. The lowest BCUT2D eigenvalue weighted by Crippen LogP contribution is -2.47. The minimum absolute atomic E-state index is 0.0215. The van der Waals surface area contributed by atoms with Gasteiger partial charge in [0.1, 0.15) is 6.04 Å². The van der Waals surface area contributed by atoms with E-state index in [0.29, 0.717) is 5.02 Å². The fourth-order valence-electron chi connectivity index (χ4n) is 1.74. The summed E-state index contributed by atoms with van der Waals surface area (Å²) in [5.41, 5.74) is 1.04. The molecule has 2 N–H and O–H groups in total. The highest BCUT2D eigenvalue weighted by atomic mass is 35.5. The van der Waals surface area contributed by atoms with Crippen molar-refractivity contribution in [2.45, 2.75) is 25.9 Å². The lowest BCUT2D eigenvalue weighted by Gasteiger charge is -2.20. The van der Waals surface area contributed by atoms with Crippen LogP contribution in [0.3, 0.4) is 0 Å². The van der Waals surface area contributed by atoms with Gasteiger partial charge >= 0.3 is 5.97 Å². The molecule has 0 aliphatic rings. The predicted molar refractivity (Wildman–Crippen MR) is 77.5 cm³/mol. The van der Waals surface area contributed by atoms with Crippen molar-refractivity contribution in [1.29, 1.82) is 0 Å². The fraction of sp³-hybridized carbons (Fsp3) is 0.429. The fourth-order valence-corrected chi connectivity index (χ4v) is 1.87. The SMILES string of the molecule is COC(=O)C(CNC(C)c1ccc(Cl)cc1)NC(C)=O. The van der Waals surface area contributed by atoms with Crippen LogP contribution in [0.4, 0.5) is 0 Å². The summed E-state index contributed by atoms with van der Waals surface area (Å²) in [6.07, 6.45) is 0. The topological polar surface area (TPSA) is 67.4 Å². The molecule has 1 aromatic carbocycles. The molecule has 0 aliphatic heterocycles. The van der Waals surface area contributed by atoms with Crippen molar-refractivity contribution >= 4 is 23.5 Å². The number of carbonyl (C=O) groups is 2. The third-order valence-corrected chi connectivity index (χ3v) is 3.11. The van der Waals surface area contributed by atoms with E-state index < -0.39 is 12.0 Å². The summed E-state index contributed by atoms with van der Waals surface area (Å²) in [4.78, 5) is 22.6. The Labute approximate surface area is 123 Å². The zero-order chi connectivity index (χ0) is 15.1. The van der Waals surface area contributed by atoms with Gasteiger partial charge in [0, 0.05) is 24.5 Å². The van der Waals surface area contributed by atoms with Crippen molar-refractivity contribution in [2.24, 2.45) is 0 Å². The summed E-state index contributed by atoms with van der Waals surface area (Å²) < 4.78 is 4.66. The highest BCUT2D eigenvalue weighted by Gasteiger charge is 2.20. The van der Waals surface area contributed by atoms with Crippen LogP contribution in [0.5, 0.6) is 0 Å². The summed E-state index contributed by atoms with van der Waals surface area (Å²) in [5.74, 6) is -0.752. The summed E-state index contributed by atoms with van der Waals surface area (Å²) in [5, 5.41) is 6.40. The smallest absolute Gasteiger partial charge is 0.329 e. The van der Waals surface area contributed by atoms with Crippen LogP contribution in [0.25, 0.3) is 0 Å². The Morgan fingerprint density at radius 1 is 1.30 bits per heavy atom. The summed E-state index contributed by atoms with van der Waals surface area (Å²) in [7, 11) is 1.29. The summed E-state index contributed by atoms with van der Waals surface area (Å²) in [6, 6.07) is 6.75. The van der Waals surface area contributed by atoms with Crippen molar-refractivity contribution in [1.82, 2.24) is 10.6 Å². The molecule has 110 valence electrons. The monoisotopic (exact) mass is 298 g/mol. The van der Waals surface area contributed by atoms with Crippen LogP contribution < -0.4 is 10.6 Å². The summed E-state index contributed by atoms with van der Waals surface area (Å²) >= 11 is 5.83. The van der Waals surface area contributed by atoms with E-state index in [1.165, 1.54) is 14.0 Å². The third-order valence-electron chi connectivity index (χ3n) is 2.86. The normalized spacial score (nSPS) is 13.4. The predicted octanol–water partition coefficient (Wildman–Crippen LogP) is 1.67. The van der Waals surface area contributed by atoms with Crippen LogP contribution in [-0.4, -0.2) is 31.6 Å². The second kappa shape index (κ2) is 7.87. The Hall–Kier alpha value is -1.59. The standard InChI is InChI=1S/C14H19ClN2O3/c1-9(11-4-6-12(15)7-5-11)16-8-13(14(19)20-3)17-10(2)18/h4-7,9,13,16H,8H2,1-3H3,(H,17,18). The van der Waals surface area contributed by atoms with Gasteiger partial charge in [0.25, 0.3) is 0 Å². The first kappa shape index (κ1) is 16.5. The maximum atomic E-state index is 11.5. The average molecular weight is 299 g/mol. The molecule has 0 fully saturated rings. The molecule has 1 rings (SSSR count). The summed E-state index contributed by atoms with van der Waals surface area (Å²) in [6.45, 7) is 3.61. The van der Waals surface area contributed by atoms with E-state index in [4.69, 9.17) is 11.6 Å². The number of hydrogen-bond acceptors (Lipinski definition) is 4. The van der Waals surface area contributed by atoms with E-state index in [1.54, 1.807) is 12.1 Å². The maximum absolute atomic E-state index is 11.5. The number of nitrogens with one attached hydrogen (secondary N) is 2. The number of hydrogen-bond donors (Lipinski definition) is 2. The number of benzene rings is 1. The quantitative estimate of drug-likeness (QED) is 0.784. The van der Waals surface area contributed by atoms with Gasteiger partial charge in [0.2, 0.25) is 5.91 Å². The minimum atomic E-state index is -0.702. The zero-order valence-corrected chi connectivity index (χ0v) is 12.5. The highest BCUT2D eigenvalue weighted by molar-refractivity contribution is 6.30. The average Bonchev–Trinajstić information content (AvgIpc) is 2.42. The molecule has 20 heavy (non-hydrogen) atoms. The van der Waals surface area contributed by atoms with E-state index >= 15 is 0 Å². The molecule has 2 unspecified atom stereocenters. The van der Waals surface area contributed by atoms with Crippen molar-refractivity contribution in [2.75, 3.05) is 13.7 Å². The number of esters is 1. The van der Waals surface area contributed by atoms with E-state index in [9.17, 15) is 9.59 Å². The highest BCUT2D eigenvalue weighted by Crippen LogP contribution is 2.15. The Kier molecular flexibility index (Phi) is 6.48. The maximum Gasteiger partial charge on any atom is 0.329 e. The zero-order valence-electron chi connectivity index (χ0n) is 11.8. The van der Waals surface area contributed by atoms with Gasteiger partial charge in [-0.05, 0) is 24.6 Å². The number of ether oxygens (including phenoxy) is 1. The second-order valence-corrected chi connectivity index (χ2v) is 4.89. The number of methoxy groups -OCH3 is 1. The molecule has 5 nitrogen and oxygen atoms in total. The second-order valence-electron chi connectivity index (χ2n) is 4.46. The lowest BCUT2D eigenvalue weighted by molar-refractivity contribution is -0.144. The van der Waals surface area contributed by atoms with Gasteiger partial charge in [-0.3, -0.25) is 4.79 Å². The Balaban J connectivity index is 2.59. The van der Waals surface area contributed by atoms with Gasteiger partial charge < -0.3 is 15.4 Å². The number of amides is 1. The molecule has 0 aromatic heterocycles. The van der Waals surface area contributed by atoms with Gasteiger partial charge in [-0.1, -0.05) is 23.7 Å². The van der Waals surface area contributed by atoms with Crippen LogP contribution in [-0.2, 0) is 14.3 Å². The number of halogens is 1. The molecule has 0 saturated heterocycles. The van der Waals surface area contributed by atoms with Crippen molar-refractivity contribution in [3.8, 4) is 0 Å². The van der Waals surface area contributed by atoms with Crippen molar-refractivity contribution < 1.29 is 14.3 Å². The van der Waals surface area contributed by atoms with Crippen LogP contribution in [0.2, 0.25) is 5.02 Å². The van der Waals surface area contributed by atoms with E-state index in [0.717, 1.165) is 5.56 Å². The van der Waals surface area contributed by atoms with E-state index in [-0.39, 0.29) is 18.5 Å². The van der Waals surface area contributed by atoms with Gasteiger partial charge in [-0.25, -0.2) is 4.79 Å². The molecule has 1 aromatic rings.